The first-order valence-electron chi connectivity index (χ1n) is 6.69. The monoisotopic (exact) mass is 284 g/mol. The van der Waals surface area contributed by atoms with Crippen LogP contribution in [0.4, 0.5) is 28.4 Å². The van der Waals surface area contributed by atoms with Crippen LogP contribution in [0, 0.1) is 10.1 Å². The Morgan fingerprint density at radius 2 is 1.81 bits per heavy atom. The summed E-state index contributed by atoms with van der Waals surface area (Å²) < 4.78 is 0. The molecule has 0 bridgehead atoms. The molecular formula is C15H16N4O2. The molecule has 1 aliphatic rings. The molecule has 0 amide bonds. The molecule has 21 heavy (non-hydrogen) atoms. The van der Waals surface area contributed by atoms with Crippen molar-refractivity contribution in [2.45, 2.75) is 0 Å². The molecule has 0 saturated carbocycles. The molecule has 6 nitrogen and oxygen atoms in total. The van der Waals surface area contributed by atoms with Crippen LogP contribution in [0.1, 0.15) is 0 Å². The molecule has 0 aliphatic carbocycles. The number of fused-ring (bicyclic) bond motifs is 1. The summed E-state index contributed by atoms with van der Waals surface area (Å²) in [6, 6.07) is 12.7. The van der Waals surface area contributed by atoms with Crippen molar-refractivity contribution < 1.29 is 4.92 Å². The number of nitro groups is 1. The second kappa shape index (κ2) is 4.97. The molecule has 6 heteroatoms. The van der Waals surface area contributed by atoms with Gasteiger partial charge in [-0.25, -0.2) is 0 Å². The van der Waals surface area contributed by atoms with Crippen molar-refractivity contribution in [1.82, 2.24) is 0 Å². The third kappa shape index (κ3) is 2.24. The second-order valence-electron chi connectivity index (χ2n) is 5.06. The average Bonchev–Trinajstić information content (AvgIpc) is 2.48. The molecule has 0 radical (unpaired) electrons. The zero-order valence-corrected chi connectivity index (χ0v) is 11.7. The zero-order valence-electron chi connectivity index (χ0n) is 11.7. The van der Waals surface area contributed by atoms with Crippen LogP contribution in [0.2, 0.25) is 0 Å². The lowest BCUT2D eigenvalue weighted by molar-refractivity contribution is -0.384. The number of rotatable bonds is 2. The molecule has 2 aromatic rings. The fourth-order valence-corrected chi connectivity index (χ4v) is 2.66. The molecule has 0 saturated heterocycles. The van der Waals surface area contributed by atoms with Crippen LogP contribution in [-0.2, 0) is 0 Å². The highest BCUT2D eigenvalue weighted by atomic mass is 16.6. The van der Waals surface area contributed by atoms with E-state index in [2.05, 4.69) is 22.9 Å². The normalized spacial score (nSPS) is 14.0. The predicted octanol–water partition coefficient (Wildman–Crippen LogP) is 2.76. The van der Waals surface area contributed by atoms with Crippen LogP contribution in [0.15, 0.2) is 42.5 Å². The lowest BCUT2D eigenvalue weighted by Gasteiger charge is -2.37. The summed E-state index contributed by atoms with van der Waals surface area (Å²) in [6.45, 7) is 1.66. The highest BCUT2D eigenvalue weighted by Crippen LogP contribution is 2.39. The quantitative estimate of drug-likeness (QED) is 0.521. The van der Waals surface area contributed by atoms with Gasteiger partial charge in [0.15, 0.2) is 0 Å². The summed E-state index contributed by atoms with van der Waals surface area (Å²) in [5, 5.41) is 10.8. The number of hydrogen-bond acceptors (Lipinski definition) is 5. The minimum absolute atomic E-state index is 0.0127. The Balaban J connectivity index is 2.06. The van der Waals surface area contributed by atoms with Gasteiger partial charge in [0.25, 0.3) is 5.69 Å². The number of nitrogen functional groups attached to an aromatic ring is 1. The first kappa shape index (κ1) is 13.2. The molecule has 0 atom stereocenters. The van der Waals surface area contributed by atoms with E-state index in [1.807, 2.05) is 18.2 Å². The van der Waals surface area contributed by atoms with Crippen LogP contribution < -0.4 is 15.5 Å². The Hall–Kier alpha value is -2.76. The topological polar surface area (TPSA) is 75.6 Å². The summed E-state index contributed by atoms with van der Waals surface area (Å²) >= 11 is 0. The SMILES string of the molecule is CN1CCN(c2ccc([N+](=O)[O-])cc2N)c2ccccc21. The highest BCUT2D eigenvalue weighted by molar-refractivity contribution is 5.84. The fraction of sp³-hybridized carbons (Fsp3) is 0.200. The summed E-state index contributed by atoms with van der Waals surface area (Å²) in [6.07, 6.45) is 0. The number of benzene rings is 2. The zero-order chi connectivity index (χ0) is 15.0. The Morgan fingerprint density at radius 3 is 2.48 bits per heavy atom. The summed E-state index contributed by atoms with van der Waals surface area (Å²) in [5.41, 5.74) is 9.45. The number of nitro benzene ring substituents is 1. The van der Waals surface area contributed by atoms with Gasteiger partial charge < -0.3 is 15.5 Å². The Labute approximate surface area is 122 Å². The summed E-state index contributed by atoms with van der Waals surface area (Å²) in [4.78, 5) is 14.7. The van der Waals surface area contributed by atoms with Gasteiger partial charge in [0, 0.05) is 32.3 Å². The Morgan fingerprint density at radius 1 is 1.10 bits per heavy atom. The van der Waals surface area contributed by atoms with Gasteiger partial charge in [0.2, 0.25) is 0 Å². The van der Waals surface area contributed by atoms with Crippen molar-refractivity contribution in [3.05, 3.63) is 52.6 Å². The van der Waals surface area contributed by atoms with Crippen LogP contribution in [0.5, 0.6) is 0 Å². The molecule has 1 heterocycles. The fourth-order valence-electron chi connectivity index (χ4n) is 2.66. The van der Waals surface area contributed by atoms with Gasteiger partial charge in [-0.05, 0) is 18.2 Å². The Kier molecular flexibility index (Phi) is 3.13. The molecule has 1 aliphatic heterocycles. The van der Waals surface area contributed by atoms with Gasteiger partial charge in [-0.2, -0.15) is 0 Å². The van der Waals surface area contributed by atoms with Gasteiger partial charge in [-0.3, -0.25) is 10.1 Å². The Bertz CT molecular complexity index is 702. The van der Waals surface area contributed by atoms with Crippen LogP contribution in [0.3, 0.4) is 0 Å². The van der Waals surface area contributed by atoms with E-state index in [0.29, 0.717) is 5.69 Å². The summed E-state index contributed by atoms with van der Waals surface area (Å²) in [5.74, 6) is 0. The van der Waals surface area contributed by atoms with Crippen molar-refractivity contribution >= 4 is 28.4 Å². The lowest BCUT2D eigenvalue weighted by atomic mass is 10.1. The molecule has 0 aromatic heterocycles. The van der Waals surface area contributed by atoms with E-state index in [1.165, 1.54) is 12.1 Å². The standard InChI is InChI=1S/C15H16N4O2/c1-17-8-9-18(15-5-3-2-4-14(15)17)13-7-6-11(19(20)21)10-12(13)16/h2-7,10H,8-9,16H2,1H3. The highest BCUT2D eigenvalue weighted by Gasteiger charge is 2.23. The van der Waals surface area contributed by atoms with Gasteiger partial charge in [-0.1, -0.05) is 12.1 Å². The molecule has 108 valence electrons. The van der Waals surface area contributed by atoms with Crippen molar-refractivity contribution in [2.75, 3.05) is 35.7 Å². The largest absolute Gasteiger partial charge is 0.397 e. The van der Waals surface area contributed by atoms with Crippen molar-refractivity contribution in [3.63, 3.8) is 0 Å². The van der Waals surface area contributed by atoms with E-state index >= 15 is 0 Å². The van der Waals surface area contributed by atoms with Gasteiger partial charge in [0.05, 0.1) is 27.7 Å². The third-order valence-electron chi connectivity index (χ3n) is 3.76. The summed E-state index contributed by atoms with van der Waals surface area (Å²) in [7, 11) is 2.05. The number of nitrogens with two attached hydrogens (primary N) is 1. The van der Waals surface area contributed by atoms with Gasteiger partial charge in [-0.15, -0.1) is 0 Å². The van der Waals surface area contributed by atoms with E-state index in [-0.39, 0.29) is 5.69 Å². The van der Waals surface area contributed by atoms with Crippen molar-refractivity contribution in [2.24, 2.45) is 0 Å². The number of non-ortho nitro benzene ring substituents is 1. The van der Waals surface area contributed by atoms with E-state index in [4.69, 9.17) is 5.73 Å². The third-order valence-corrected chi connectivity index (χ3v) is 3.76. The molecule has 0 spiro atoms. The molecule has 0 fully saturated rings. The van der Waals surface area contributed by atoms with Gasteiger partial charge >= 0.3 is 0 Å². The van der Waals surface area contributed by atoms with Gasteiger partial charge in [0.1, 0.15) is 0 Å². The molecular weight excluding hydrogens is 268 g/mol. The van der Waals surface area contributed by atoms with Crippen LogP contribution >= 0.6 is 0 Å². The first-order chi connectivity index (χ1) is 10.1. The average molecular weight is 284 g/mol. The number of likely N-dealkylation sites (N-methyl/N-ethyl adjacent to an activating group) is 1. The molecule has 0 unspecified atom stereocenters. The van der Waals surface area contributed by atoms with Crippen LogP contribution in [-0.4, -0.2) is 25.1 Å². The van der Waals surface area contributed by atoms with E-state index in [0.717, 1.165) is 30.2 Å². The number of para-hydroxylation sites is 2. The minimum atomic E-state index is -0.432. The predicted molar refractivity (Wildman–Crippen MR) is 84.2 cm³/mol. The van der Waals surface area contributed by atoms with E-state index in [9.17, 15) is 10.1 Å². The smallest absolute Gasteiger partial charge is 0.271 e. The lowest BCUT2D eigenvalue weighted by Crippen LogP contribution is -2.36. The maximum Gasteiger partial charge on any atom is 0.271 e. The van der Waals surface area contributed by atoms with Crippen molar-refractivity contribution in [1.29, 1.82) is 0 Å². The molecule has 2 aromatic carbocycles. The van der Waals surface area contributed by atoms with E-state index < -0.39 is 4.92 Å². The van der Waals surface area contributed by atoms with Crippen LogP contribution in [0.25, 0.3) is 0 Å². The first-order valence-corrected chi connectivity index (χ1v) is 6.69. The van der Waals surface area contributed by atoms with E-state index in [1.54, 1.807) is 6.07 Å². The minimum Gasteiger partial charge on any atom is -0.397 e. The molecule has 2 N–H and O–H groups in total. The molecule has 3 rings (SSSR count). The second-order valence-corrected chi connectivity index (χ2v) is 5.06. The van der Waals surface area contributed by atoms with Crippen molar-refractivity contribution in [3.8, 4) is 0 Å². The maximum atomic E-state index is 10.8. The number of anilines is 4. The number of nitrogens with zero attached hydrogens (tertiary/aromatic N) is 3. The maximum absolute atomic E-state index is 10.8. The number of hydrogen-bond donors (Lipinski definition) is 1.